The molecule has 5 heteroatoms. The van der Waals surface area contributed by atoms with E-state index in [1.165, 1.54) is 0 Å². The summed E-state index contributed by atoms with van der Waals surface area (Å²) in [6.07, 6.45) is 1.81. The molecular weight excluding hydrogens is 238 g/mol. The fourth-order valence-corrected chi connectivity index (χ4v) is 1.96. The molecule has 1 N–H and O–H groups in total. The van der Waals surface area contributed by atoms with Crippen molar-refractivity contribution >= 4 is 21.9 Å². The Morgan fingerprint density at radius 1 is 1.69 bits per heavy atom. The van der Waals surface area contributed by atoms with Crippen LogP contribution >= 0.6 is 15.9 Å². The summed E-state index contributed by atoms with van der Waals surface area (Å²) in [5.74, 6) is -0.351. The molecule has 1 aliphatic rings. The summed E-state index contributed by atoms with van der Waals surface area (Å²) in [5, 5.41) is 8.80. The zero-order valence-corrected chi connectivity index (χ0v) is 8.37. The fourth-order valence-electron chi connectivity index (χ4n) is 1.55. The number of hydrogen-bond acceptors (Lipinski definition) is 3. The van der Waals surface area contributed by atoms with Crippen LogP contribution in [0.4, 0.5) is 0 Å². The number of carboxylic acid groups (broad SMARTS) is 1. The van der Waals surface area contributed by atoms with Gasteiger partial charge in [0, 0.05) is 22.4 Å². The zero-order chi connectivity index (χ0) is 9.42. The molecule has 1 heterocycles. The van der Waals surface area contributed by atoms with Gasteiger partial charge in [0.1, 0.15) is 5.76 Å². The molecule has 0 bridgehead atoms. The van der Waals surface area contributed by atoms with Gasteiger partial charge in [-0.15, -0.1) is 0 Å². The highest BCUT2D eigenvalue weighted by molar-refractivity contribution is 9.10. The van der Waals surface area contributed by atoms with Crippen LogP contribution < -0.4 is 0 Å². The molecule has 0 saturated heterocycles. The van der Waals surface area contributed by atoms with Gasteiger partial charge in [-0.3, -0.25) is 4.79 Å². The molecule has 2 rings (SSSR count). The van der Waals surface area contributed by atoms with E-state index >= 15 is 0 Å². The number of aliphatic carboxylic acids is 1. The third-order valence-electron chi connectivity index (χ3n) is 2.26. The SMILES string of the molecule is O=C(O)C1CCc2nc(Br)oc2C1. The van der Waals surface area contributed by atoms with Gasteiger partial charge in [0.2, 0.25) is 0 Å². The quantitative estimate of drug-likeness (QED) is 0.817. The number of nitrogens with zero attached hydrogens (tertiary/aromatic N) is 1. The lowest BCUT2D eigenvalue weighted by Gasteiger charge is -2.15. The number of hydrogen-bond donors (Lipinski definition) is 1. The molecule has 1 unspecified atom stereocenters. The van der Waals surface area contributed by atoms with Gasteiger partial charge in [-0.2, -0.15) is 0 Å². The number of halogens is 1. The first-order valence-corrected chi connectivity index (χ1v) is 4.83. The Kier molecular flexibility index (Phi) is 2.11. The second-order valence-corrected chi connectivity index (χ2v) is 3.79. The van der Waals surface area contributed by atoms with Crippen LogP contribution in [0.1, 0.15) is 17.9 Å². The van der Waals surface area contributed by atoms with Crippen molar-refractivity contribution in [3.05, 3.63) is 16.3 Å². The molecule has 0 saturated carbocycles. The fraction of sp³-hybridized carbons (Fsp3) is 0.500. The lowest BCUT2D eigenvalue weighted by molar-refractivity contribution is -0.142. The predicted octanol–water partition coefficient (Wildman–Crippen LogP) is 1.63. The minimum absolute atomic E-state index is 0.313. The molecule has 0 amide bonds. The number of rotatable bonds is 1. The Morgan fingerprint density at radius 3 is 3.15 bits per heavy atom. The highest BCUT2D eigenvalue weighted by atomic mass is 79.9. The summed E-state index contributed by atoms with van der Waals surface area (Å²) in [6.45, 7) is 0. The van der Waals surface area contributed by atoms with Gasteiger partial charge in [0.25, 0.3) is 4.80 Å². The topological polar surface area (TPSA) is 63.3 Å². The Hall–Kier alpha value is -0.840. The van der Waals surface area contributed by atoms with E-state index in [1.807, 2.05) is 0 Å². The maximum Gasteiger partial charge on any atom is 0.306 e. The van der Waals surface area contributed by atoms with Gasteiger partial charge in [-0.1, -0.05) is 0 Å². The number of carboxylic acids is 1. The van der Waals surface area contributed by atoms with Crippen molar-refractivity contribution in [1.82, 2.24) is 4.98 Å². The maximum atomic E-state index is 10.7. The first-order valence-electron chi connectivity index (χ1n) is 4.03. The van der Waals surface area contributed by atoms with Crippen LogP contribution in [0.5, 0.6) is 0 Å². The van der Waals surface area contributed by atoms with Crippen molar-refractivity contribution in [2.45, 2.75) is 19.3 Å². The Morgan fingerprint density at radius 2 is 2.46 bits per heavy atom. The minimum Gasteiger partial charge on any atom is -0.481 e. The van der Waals surface area contributed by atoms with E-state index in [2.05, 4.69) is 20.9 Å². The minimum atomic E-state index is -0.752. The second kappa shape index (κ2) is 3.14. The van der Waals surface area contributed by atoms with Crippen LogP contribution in [0.25, 0.3) is 0 Å². The highest BCUT2D eigenvalue weighted by Gasteiger charge is 2.27. The van der Waals surface area contributed by atoms with E-state index in [4.69, 9.17) is 9.52 Å². The summed E-state index contributed by atoms with van der Waals surface area (Å²) in [4.78, 5) is 15.2. The molecule has 1 aliphatic carbocycles. The second-order valence-electron chi connectivity index (χ2n) is 3.11. The highest BCUT2D eigenvalue weighted by Crippen LogP contribution is 2.27. The van der Waals surface area contributed by atoms with E-state index in [-0.39, 0.29) is 5.92 Å². The van der Waals surface area contributed by atoms with Gasteiger partial charge in [0.05, 0.1) is 11.6 Å². The van der Waals surface area contributed by atoms with Crippen molar-refractivity contribution < 1.29 is 14.3 Å². The van der Waals surface area contributed by atoms with Gasteiger partial charge in [-0.05, 0) is 12.8 Å². The monoisotopic (exact) mass is 245 g/mol. The normalized spacial score (nSPS) is 21.2. The molecule has 13 heavy (non-hydrogen) atoms. The van der Waals surface area contributed by atoms with Crippen molar-refractivity contribution in [2.75, 3.05) is 0 Å². The third-order valence-corrected chi connectivity index (χ3v) is 2.60. The number of aryl methyl sites for hydroxylation is 1. The lowest BCUT2D eigenvalue weighted by Crippen LogP contribution is -2.21. The van der Waals surface area contributed by atoms with Crippen LogP contribution in [0, 0.1) is 5.92 Å². The molecule has 70 valence electrons. The van der Waals surface area contributed by atoms with Crippen LogP contribution in [-0.2, 0) is 17.6 Å². The van der Waals surface area contributed by atoms with Crippen LogP contribution in [0.15, 0.2) is 9.22 Å². The van der Waals surface area contributed by atoms with Gasteiger partial charge in [-0.25, -0.2) is 4.98 Å². The molecule has 0 aliphatic heterocycles. The Labute approximate surface area is 83.1 Å². The molecule has 0 spiro atoms. The smallest absolute Gasteiger partial charge is 0.306 e. The number of aromatic nitrogens is 1. The Bertz CT molecular complexity index is 347. The summed E-state index contributed by atoms with van der Waals surface area (Å²) < 4.78 is 5.23. The van der Waals surface area contributed by atoms with E-state index in [1.54, 1.807) is 0 Å². The average Bonchev–Trinajstić information content (AvgIpc) is 2.42. The third kappa shape index (κ3) is 1.60. The Balaban J connectivity index is 2.24. The molecule has 0 aromatic carbocycles. The first kappa shape index (κ1) is 8.74. The number of oxazole rings is 1. The molecule has 0 fully saturated rings. The largest absolute Gasteiger partial charge is 0.481 e. The summed E-state index contributed by atoms with van der Waals surface area (Å²) in [5.41, 5.74) is 0.893. The summed E-state index contributed by atoms with van der Waals surface area (Å²) in [6, 6.07) is 0. The zero-order valence-electron chi connectivity index (χ0n) is 6.79. The van der Waals surface area contributed by atoms with Crippen molar-refractivity contribution in [3.63, 3.8) is 0 Å². The van der Waals surface area contributed by atoms with E-state index in [9.17, 15) is 4.79 Å². The van der Waals surface area contributed by atoms with Crippen LogP contribution in [0.3, 0.4) is 0 Å². The number of fused-ring (bicyclic) bond motifs is 1. The van der Waals surface area contributed by atoms with Crippen LogP contribution in [0.2, 0.25) is 0 Å². The van der Waals surface area contributed by atoms with Gasteiger partial charge >= 0.3 is 5.97 Å². The van der Waals surface area contributed by atoms with Gasteiger partial charge in [0.15, 0.2) is 0 Å². The van der Waals surface area contributed by atoms with Crippen molar-refractivity contribution in [1.29, 1.82) is 0 Å². The van der Waals surface area contributed by atoms with Crippen molar-refractivity contribution in [3.8, 4) is 0 Å². The van der Waals surface area contributed by atoms with Gasteiger partial charge < -0.3 is 9.52 Å². The van der Waals surface area contributed by atoms with E-state index < -0.39 is 5.97 Å². The maximum absolute atomic E-state index is 10.7. The molecular formula is C8H8BrNO3. The van der Waals surface area contributed by atoms with E-state index in [0.29, 0.717) is 29.8 Å². The van der Waals surface area contributed by atoms with Crippen LogP contribution in [-0.4, -0.2) is 16.1 Å². The molecule has 1 aromatic rings. The standard InChI is InChI=1S/C8H8BrNO3/c9-8-10-5-2-1-4(7(11)12)3-6(5)13-8/h4H,1-3H2,(H,11,12). The number of carbonyl (C=O) groups is 1. The molecule has 0 radical (unpaired) electrons. The lowest BCUT2D eigenvalue weighted by atomic mass is 9.91. The molecule has 4 nitrogen and oxygen atoms in total. The van der Waals surface area contributed by atoms with Crippen molar-refractivity contribution in [2.24, 2.45) is 5.92 Å². The molecule has 1 atom stereocenters. The first-order chi connectivity index (χ1) is 6.16. The summed E-state index contributed by atoms with van der Waals surface area (Å²) >= 11 is 3.12. The average molecular weight is 246 g/mol. The summed E-state index contributed by atoms with van der Waals surface area (Å²) in [7, 11) is 0. The van der Waals surface area contributed by atoms with E-state index in [0.717, 1.165) is 5.69 Å². The predicted molar refractivity (Wildman–Crippen MR) is 47.4 cm³/mol. The molecule has 1 aromatic heterocycles.